The first kappa shape index (κ1) is 35.9. The van der Waals surface area contributed by atoms with Crippen LogP contribution in [0.3, 0.4) is 0 Å². The van der Waals surface area contributed by atoms with E-state index in [9.17, 15) is 28.0 Å². The molecule has 1 fully saturated rings. The second-order valence-corrected chi connectivity index (χ2v) is 16.1. The molecule has 1 N–H and O–H groups in total. The van der Waals surface area contributed by atoms with E-state index in [1.165, 1.54) is 4.90 Å². The third kappa shape index (κ3) is 7.75. The van der Waals surface area contributed by atoms with E-state index in [4.69, 9.17) is 16.3 Å². The van der Waals surface area contributed by atoms with Crippen LogP contribution < -0.4 is 4.74 Å². The Balaban J connectivity index is 1.52. The first-order chi connectivity index (χ1) is 22.7. The summed E-state index contributed by atoms with van der Waals surface area (Å²) >= 11 is 6.32. The molecule has 256 valence electrons. The number of carbonyl (C=O) groups is 2. The molecule has 1 aliphatic carbocycles. The van der Waals surface area contributed by atoms with Gasteiger partial charge in [0.05, 0.1) is 22.2 Å². The molecule has 1 atom stereocenters. The highest BCUT2D eigenvalue weighted by Crippen LogP contribution is 2.41. The molecule has 0 spiro atoms. The van der Waals surface area contributed by atoms with Crippen LogP contribution in [0.4, 0.5) is 13.6 Å². The van der Waals surface area contributed by atoms with Gasteiger partial charge in [-0.2, -0.15) is 0 Å². The summed E-state index contributed by atoms with van der Waals surface area (Å²) in [7, 11) is 1.55. The first-order valence-corrected chi connectivity index (χ1v) is 18.4. The van der Waals surface area contributed by atoms with Crippen molar-refractivity contribution in [1.82, 2.24) is 9.80 Å². The summed E-state index contributed by atoms with van der Waals surface area (Å²) in [6, 6.07) is 14.6. The number of rotatable bonds is 9. The van der Waals surface area contributed by atoms with Gasteiger partial charge in [0.1, 0.15) is 28.5 Å². The van der Waals surface area contributed by atoms with E-state index < -0.39 is 34.8 Å². The van der Waals surface area contributed by atoms with E-state index in [1.807, 2.05) is 63.2 Å². The highest BCUT2D eigenvalue weighted by atomic mass is 35.5. The maximum absolute atomic E-state index is 14.8. The highest BCUT2D eigenvalue weighted by molar-refractivity contribution is 7.90. The number of hydrogen-bond donors (Lipinski definition) is 1. The van der Waals surface area contributed by atoms with Crippen molar-refractivity contribution in [2.45, 2.75) is 70.0 Å². The molecule has 1 unspecified atom stereocenters. The van der Waals surface area contributed by atoms with Crippen LogP contribution >= 0.6 is 22.9 Å². The molecule has 1 saturated carbocycles. The van der Waals surface area contributed by atoms with E-state index in [2.05, 4.69) is 0 Å². The lowest BCUT2D eigenvalue weighted by Crippen LogP contribution is -2.49. The fraction of sp³-hybridized carbons (Fsp3) is 0.389. The summed E-state index contributed by atoms with van der Waals surface area (Å²) in [5.41, 5.74) is 2.23. The van der Waals surface area contributed by atoms with Crippen LogP contribution in [0.25, 0.3) is 21.2 Å². The third-order valence-electron chi connectivity index (χ3n) is 8.72. The molecule has 12 heteroatoms. The van der Waals surface area contributed by atoms with Gasteiger partial charge in [0.2, 0.25) is 0 Å². The van der Waals surface area contributed by atoms with Gasteiger partial charge in [-0.15, -0.1) is 11.3 Å². The summed E-state index contributed by atoms with van der Waals surface area (Å²) in [5.74, 6) is -1.28. The molecule has 2 amide bonds. The number of benzene rings is 3. The SMILES string of the molecule is COc1ccc(-c2ccc([S+](C)[O-])cc2)cc1CN(C(=O)c1sc2c(F)ccc(F)c2c1Cl)C1CCC(N(CC(C)(C)C)C(=O)O)CC1. The molecule has 0 bridgehead atoms. The maximum Gasteiger partial charge on any atom is 0.407 e. The number of thiophene rings is 1. The Morgan fingerprint density at radius 1 is 0.979 bits per heavy atom. The number of carbonyl (C=O) groups excluding carboxylic acids is 1. The Morgan fingerprint density at radius 2 is 1.56 bits per heavy atom. The Kier molecular flexibility index (Phi) is 10.9. The number of hydrogen-bond acceptors (Lipinski definition) is 5. The molecule has 3 aromatic carbocycles. The van der Waals surface area contributed by atoms with Crippen molar-refractivity contribution in [2.24, 2.45) is 5.41 Å². The van der Waals surface area contributed by atoms with Gasteiger partial charge in [-0.3, -0.25) is 4.79 Å². The molecule has 4 aromatic rings. The Labute approximate surface area is 291 Å². The minimum atomic E-state index is -1.12. The van der Waals surface area contributed by atoms with E-state index in [0.29, 0.717) is 48.4 Å². The molecule has 48 heavy (non-hydrogen) atoms. The maximum atomic E-state index is 14.8. The predicted molar refractivity (Wildman–Crippen MR) is 188 cm³/mol. The lowest BCUT2D eigenvalue weighted by atomic mass is 9.87. The smallest absolute Gasteiger partial charge is 0.407 e. The Morgan fingerprint density at radius 3 is 2.10 bits per heavy atom. The number of ether oxygens (including phenoxy) is 1. The minimum Gasteiger partial charge on any atom is -0.612 e. The normalized spacial score (nSPS) is 17.3. The predicted octanol–water partition coefficient (Wildman–Crippen LogP) is 9.23. The van der Waals surface area contributed by atoms with E-state index in [1.54, 1.807) is 18.3 Å². The van der Waals surface area contributed by atoms with Gasteiger partial charge in [0.15, 0.2) is 4.90 Å². The van der Waals surface area contributed by atoms with Crippen LogP contribution in [-0.2, 0) is 17.7 Å². The summed E-state index contributed by atoms with van der Waals surface area (Å²) < 4.78 is 47.2. The van der Waals surface area contributed by atoms with Gasteiger partial charge in [-0.1, -0.05) is 38.4 Å². The Hall–Kier alpha value is -3.38. The summed E-state index contributed by atoms with van der Waals surface area (Å²) in [5, 5.41) is 9.76. The minimum absolute atomic E-state index is 0.0256. The summed E-state index contributed by atoms with van der Waals surface area (Å²) in [6.45, 7) is 6.48. The molecule has 0 saturated heterocycles. The molecule has 1 aromatic heterocycles. The molecule has 5 rings (SSSR count). The van der Waals surface area contributed by atoms with Crippen molar-refractivity contribution in [3.63, 3.8) is 0 Å². The van der Waals surface area contributed by atoms with Crippen LogP contribution in [-0.4, -0.2) is 63.5 Å². The zero-order valence-electron chi connectivity index (χ0n) is 27.5. The summed E-state index contributed by atoms with van der Waals surface area (Å²) in [6.07, 6.45) is 2.78. The number of amides is 2. The molecule has 7 nitrogen and oxygen atoms in total. The number of nitrogens with zero attached hydrogens (tertiary/aromatic N) is 2. The van der Waals surface area contributed by atoms with E-state index in [0.717, 1.165) is 34.6 Å². The van der Waals surface area contributed by atoms with Gasteiger partial charge in [-0.05, 0) is 102 Å². The van der Waals surface area contributed by atoms with Crippen molar-refractivity contribution >= 4 is 56.2 Å². The van der Waals surface area contributed by atoms with Crippen LogP contribution in [0.5, 0.6) is 5.75 Å². The van der Waals surface area contributed by atoms with Crippen LogP contribution in [0.1, 0.15) is 61.7 Å². The van der Waals surface area contributed by atoms with Crippen molar-refractivity contribution in [2.75, 3.05) is 19.9 Å². The fourth-order valence-corrected chi connectivity index (χ4v) is 8.41. The lowest BCUT2D eigenvalue weighted by Gasteiger charge is -2.41. The largest absolute Gasteiger partial charge is 0.612 e. The van der Waals surface area contributed by atoms with Crippen LogP contribution in [0.15, 0.2) is 59.5 Å². The molecule has 0 aliphatic heterocycles. The quantitative estimate of drug-likeness (QED) is 0.174. The number of carboxylic acid groups (broad SMARTS) is 1. The van der Waals surface area contributed by atoms with Crippen LogP contribution in [0.2, 0.25) is 5.02 Å². The standard InChI is InChI=1S/C36H39ClF2N2O5S2/c1-36(2,3)20-41(35(43)44)25-11-9-24(10-12-25)40(34(42)33-31(37)30-27(38)15-16-28(39)32(30)47-33)19-23-18-22(8-17-29(23)46-4)21-6-13-26(14-7-21)48(5)45/h6-8,13-18,24-25H,9-12,19-20H2,1-5H3,(H,43,44). The van der Waals surface area contributed by atoms with Gasteiger partial charge < -0.3 is 24.2 Å². The monoisotopic (exact) mass is 716 g/mol. The van der Waals surface area contributed by atoms with E-state index in [-0.39, 0.29) is 44.0 Å². The van der Waals surface area contributed by atoms with Crippen molar-refractivity contribution in [3.05, 3.63) is 81.7 Å². The number of fused-ring (bicyclic) bond motifs is 1. The second-order valence-electron chi connectivity index (χ2n) is 13.4. The van der Waals surface area contributed by atoms with Gasteiger partial charge in [-0.25, -0.2) is 13.6 Å². The third-order valence-corrected chi connectivity index (χ3v) is 11.3. The van der Waals surface area contributed by atoms with Crippen molar-refractivity contribution in [1.29, 1.82) is 0 Å². The summed E-state index contributed by atoms with van der Waals surface area (Å²) in [4.78, 5) is 30.6. The van der Waals surface area contributed by atoms with Crippen molar-refractivity contribution in [3.8, 4) is 16.9 Å². The van der Waals surface area contributed by atoms with Gasteiger partial charge in [0.25, 0.3) is 5.91 Å². The van der Waals surface area contributed by atoms with Crippen LogP contribution in [0, 0.1) is 17.0 Å². The molecular weight excluding hydrogens is 678 g/mol. The molecule has 1 heterocycles. The fourth-order valence-electron chi connectivity index (χ4n) is 6.38. The zero-order valence-corrected chi connectivity index (χ0v) is 29.9. The highest BCUT2D eigenvalue weighted by Gasteiger charge is 2.36. The lowest BCUT2D eigenvalue weighted by molar-refractivity contribution is 0.0492. The van der Waals surface area contributed by atoms with Gasteiger partial charge in [0, 0.05) is 30.7 Å². The van der Waals surface area contributed by atoms with E-state index >= 15 is 0 Å². The molecule has 0 radical (unpaired) electrons. The number of halogens is 3. The molecule has 1 aliphatic rings. The zero-order chi connectivity index (χ0) is 34.9. The topological polar surface area (TPSA) is 93.1 Å². The average molecular weight is 717 g/mol. The van der Waals surface area contributed by atoms with Crippen molar-refractivity contribution < 1.29 is 32.8 Å². The van der Waals surface area contributed by atoms with Gasteiger partial charge >= 0.3 is 6.09 Å². The second kappa shape index (κ2) is 14.6. The molecular formula is C36H39ClF2N2O5S2. The Bertz CT molecular complexity index is 1800. The first-order valence-electron chi connectivity index (χ1n) is 15.7. The average Bonchev–Trinajstić information content (AvgIpc) is 3.41. The number of methoxy groups -OCH3 is 1.